The average Bonchev–Trinajstić information content (AvgIpc) is 2.46. The van der Waals surface area contributed by atoms with Crippen LogP contribution >= 0.6 is 0 Å². The summed E-state index contributed by atoms with van der Waals surface area (Å²) in [5, 5.41) is 2.64. The van der Waals surface area contributed by atoms with E-state index in [-0.39, 0.29) is 12.5 Å². The quantitative estimate of drug-likeness (QED) is 0.816. The van der Waals surface area contributed by atoms with Crippen LogP contribution in [-0.2, 0) is 28.0 Å². The van der Waals surface area contributed by atoms with Crippen LogP contribution in [-0.4, -0.2) is 49.1 Å². The predicted molar refractivity (Wildman–Crippen MR) is 74.1 cm³/mol. The van der Waals surface area contributed by atoms with Gasteiger partial charge in [0.2, 0.25) is 5.91 Å². The van der Waals surface area contributed by atoms with Gasteiger partial charge in [-0.1, -0.05) is 24.3 Å². The number of piperazine rings is 1. The largest absolute Gasteiger partial charge is 0.354 e. The zero-order chi connectivity index (χ0) is 14.2. The predicted octanol–water partition coefficient (Wildman–Crippen LogP) is -0.279. The second kappa shape index (κ2) is 5.16. The molecule has 0 bridgehead atoms. The highest BCUT2D eigenvalue weighted by atomic mass is 32.2. The van der Waals surface area contributed by atoms with Crippen LogP contribution in [0, 0.1) is 0 Å². The Morgan fingerprint density at radius 2 is 1.70 bits per heavy atom. The van der Waals surface area contributed by atoms with E-state index in [2.05, 4.69) is 5.32 Å². The fourth-order valence-corrected chi connectivity index (χ4v) is 4.20. The molecule has 0 atom stereocenters. The molecule has 7 heteroatoms. The molecule has 0 saturated carbocycles. The molecule has 2 aliphatic rings. The smallest absolute Gasteiger partial charge is 0.282 e. The van der Waals surface area contributed by atoms with Crippen molar-refractivity contribution in [3.05, 3.63) is 35.4 Å². The van der Waals surface area contributed by atoms with Gasteiger partial charge in [-0.2, -0.15) is 17.0 Å². The Balaban J connectivity index is 1.81. The summed E-state index contributed by atoms with van der Waals surface area (Å²) in [6.07, 6.45) is 0.718. The summed E-state index contributed by atoms with van der Waals surface area (Å²) in [7, 11) is -3.55. The molecule has 6 nitrogen and oxygen atoms in total. The van der Waals surface area contributed by atoms with Crippen molar-refractivity contribution in [3.8, 4) is 0 Å². The molecule has 0 spiro atoms. The van der Waals surface area contributed by atoms with Crippen molar-refractivity contribution < 1.29 is 13.2 Å². The van der Waals surface area contributed by atoms with E-state index in [1.165, 1.54) is 14.2 Å². The first-order valence-electron chi connectivity index (χ1n) is 6.66. The fourth-order valence-electron chi connectivity index (χ4n) is 2.64. The molecular weight excluding hydrogens is 278 g/mol. The van der Waals surface area contributed by atoms with Crippen LogP contribution < -0.4 is 5.32 Å². The molecule has 0 unspecified atom stereocenters. The van der Waals surface area contributed by atoms with Crippen LogP contribution in [0.3, 0.4) is 0 Å². The third-order valence-corrected chi connectivity index (χ3v) is 5.68. The number of hydrogen-bond acceptors (Lipinski definition) is 3. The lowest BCUT2D eigenvalue weighted by Crippen LogP contribution is -2.54. The normalized spacial score (nSPS) is 21.3. The van der Waals surface area contributed by atoms with Crippen LogP contribution in [0.15, 0.2) is 24.3 Å². The van der Waals surface area contributed by atoms with Crippen molar-refractivity contribution in [2.24, 2.45) is 0 Å². The third-order valence-electron chi connectivity index (χ3n) is 3.75. The van der Waals surface area contributed by atoms with E-state index < -0.39 is 10.2 Å². The lowest BCUT2D eigenvalue weighted by molar-refractivity contribution is -0.122. The molecule has 2 heterocycles. The highest BCUT2D eigenvalue weighted by molar-refractivity contribution is 7.86. The molecule has 3 rings (SSSR count). The summed E-state index contributed by atoms with van der Waals surface area (Å²) >= 11 is 0. The Labute approximate surface area is 118 Å². The lowest BCUT2D eigenvalue weighted by atomic mass is 10.0. The van der Waals surface area contributed by atoms with Gasteiger partial charge in [0.05, 0.1) is 6.54 Å². The average molecular weight is 295 g/mol. The van der Waals surface area contributed by atoms with E-state index in [1.54, 1.807) is 0 Å². The number of rotatable bonds is 2. The van der Waals surface area contributed by atoms with Gasteiger partial charge in [-0.3, -0.25) is 4.79 Å². The minimum absolute atomic E-state index is 0.0829. The molecule has 2 aliphatic heterocycles. The summed E-state index contributed by atoms with van der Waals surface area (Å²) in [5.41, 5.74) is 2.25. The Hall–Kier alpha value is -1.44. The minimum Gasteiger partial charge on any atom is -0.354 e. The Kier molecular flexibility index (Phi) is 3.49. The molecule has 1 aromatic rings. The van der Waals surface area contributed by atoms with Gasteiger partial charge in [0.15, 0.2) is 0 Å². The molecular formula is C13H17N3O3S. The van der Waals surface area contributed by atoms with Crippen molar-refractivity contribution in [3.63, 3.8) is 0 Å². The fraction of sp³-hybridized carbons (Fsp3) is 0.462. The molecule has 20 heavy (non-hydrogen) atoms. The van der Waals surface area contributed by atoms with E-state index in [0.29, 0.717) is 26.2 Å². The maximum absolute atomic E-state index is 12.6. The molecule has 0 radical (unpaired) electrons. The molecule has 1 N–H and O–H groups in total. The van der Waals surface area contributed by atoms with Crippen LogP contribution in [0.25, 0.3) is 0 Å². The Morgan fingerprint density at radius 1 is 1.00 bits per heavy atom. The molecule has 1 amide bonds. The van der Waals surface area contributed by atoms with Gasteiger partial charge >= 0.3 is 0 Å². The number of nitrogens with one attached hydrogen (secondary N) is 1. The van der Waals surface area contributed by atoms with E-state index >= 15 is 0 Å². The van der Waals surface area contributed by atoms with Gasteiger partial charge in [0, 0.05) is 26.2 Å². The highest BCUT2D eigenvalue weighted by Gasteiger charge is 2.34. The first-order chi connectivity index (χ1) is 9.57. The third kappa shape index (κ3) is 2.44. The first kappa shape index (κ1) is 13.5. The van der Waals surface area contributed by atoms with E-state index in [0.717, 1.165) is 12.0 Å². The van der Waals surface area contributed by atoms with Crippen LogP contribution in [0.2, 0.25) is 0 Å². The van der Waals surface area contributed by atoms with Gasteiger partial charge in [-0.15, -0.1) is 0 Å². The lowest BCUT2D eigenvalue weighted by Gasteiger charge is -2.34. The first-order valence-corrected chi connectivity index (χ1v) is 8.06. The van der Waals surface area contributed by atoms with Crippen molar-refractivity contribution in [2.75, 3.05) is 26.2 Å². The monoisotopic (exact) mass is 295 g/mol. The summed E-state index contributed by atoms with van der Waals surface area (Å²) in [5.74, 6) is -0.239. The van der Waals surface area contributed by atoms with Gasteiger partial charge < -0.3 is 5.32 Å². The van der Waals surface area contributed by atoms with Crippen LogP contribution in [0.4, 0.5) is 0 Å². The maximum Gasteiger partial charge on any atom is 0.282 e. The number of hydrogen-bond donors (Lipinski definition) is 1. The van der Waals surface area contributed by atoms with E-state index in [1.807, 2.05) is 24.3 Å². The maximum atomic E-state index is 12.6. The van der Waals surface area contributed by atoms with Crippen LogP contribution in [0.5, 0.6) is 0 Å². The van der Waals surface area contributed by atoms with Gasteiger partial charge in [-0.25, -0.2) is 0 Å². The SMILES string of the molecule is O=C1CN(S(=O)(=O)N2CCc3ccccc3C2)CCN1. The summed E-state index contributed by atoms with van der Waals surface area (Å²) in [6, 6.07) is 7.88. The zero-order valence-electron chi connectivity index (χ0n) is 11.1. The summed E-state index contributed by atoms with van der Waals surface area (Å²) < 4.78 is 27.9. The van der Waals surface area contributed by atoms with Crippen molar-refractivity contribution in [2.45, 2.75) is 13.0 Å². The number of benzene rings is 1. The second-order valence-corrected chi connectivity index (χ2v) is 6.97. The number of fused-ring (bicyclic) bond motifs is 1. The Bertz CT molecular complexity index is 630. The standard InChI is InChI=1S/C13H17N3O3S/c17-13-10-16(8-6-14-13)20(18,19)15-7-5-11-3-1-2-4-12(11)9-15/h1-4H,5-10H2,(H,14,17). The number of carbonyl (C=O) groups excluding carboxylic acids is 1. The van der Waals surface area contributed by atoms with Crippen molar-refractivity contribution in [1.29, 1.82) is 0 Å². The Morgan fingerprint density at radius 3 is 2.45 bits per heavy atom. The molecule has 1 fully saturated rings. The number of carbonyl (C=O) groups is 1. The van der Waals surface area contributed by atoms with Gasteiger partial charge in [-0.05, 0) is 17.5 Å². The molecule has 1 aromatic carbocycles. The summed E-state index contributed by atoms with van der Waals surface area (Å²) in [6.45, 7) is 1.49. The van der Waals surface area contributed by atoms with Crippen LogP contribution in [0.1, 0.15) is 11.1 Å². The zero-order valence-corrected chi connectivity index (χ0v) is 11.9. The van der Waals surface area contributed by atoms with Crippen molar-refractivity contribution >= 4 is 16.1 Å². The van der Waals surface area contributed by atoms with Gasteiger partial charge in [0.1, 0.15) is 0 Å². The number of nitrogens with zero attached hydrogens (tertiary/aromatic N) is 2. The molecule has 1 saturated heterocycles. The number of amides is 1. The topological polar surface area (TPSA) is 69.7 Å². The van der Waals surface area contributed by atoms with Crippen molar-refractivity contribution in [1.82, 2.24) is 13.9 Å². The molecule has 108 valence electrons. The minimum atomic E-state index is -3.55. The van der Waals surface area contributed by atoms with Gasteiger partial charge in [0.25, 0.3) is 10.2 Å². The van der Waals surface area contributed by atoms with E-state index in [4.69, 9.17) is 0 Å². The summed E-state index contributed by atoms with van der Waals surface area (Å²) in [4.78, 5) is 11.4. The highest BCUT2D eigenvalue weighted by Crippen LogP contribution is 2.22. The molecule has 0 aliphatic carbocycles. The molecule has 0 aromatic heterocycles. The van der Waals surface area contributed by atoms with E-state index in [9.17, 15) is 13.2 Å². The second-order valence-electron chi connectivity index (χ2n) is 5.04.